The van der Waals surface area contributed by atoms with Crippen LogP contribution >= 0.6 is 11.3 Å². The van der Waals surface area contributed by atoms with Gasteiger partial charge in [-0.3, -0.25) is 4.79 Å². The number of aromatic nitrogens is 1. The fourth-order valence-electron chi connectivity index (χ4n) is 2.28. The van der Waals surface area contributed by atoms with Gasteiger partial charge >= 0.3 is 5.97 Å². The third kappa shape index (κ3) is 3.76. The molecule has 1 aromatic rings. The maximum absolute atomic E-state index is 11.9. The van der Waals surface area contributed by atoms with E-state index in [4.69, 9.17) is 9.47 Å². The minimum absolute atomic E-state index is 0.0495. The molecule has 0 bridgehead atoms. The van der Waals surface area contributed by atoms with Gasteiger partial charge in [-0.15, -0.1) is 11.3 Å². The van der Waals surface area contributed by atoms with E-state index in [2.05, 4.69) is 11.9 Å². The van der Waals surface area contributed by atoms with Gasteiger partial charge in [0, 0.05) is 6.61 Å². The average Bonchev–Trinajstić information content (AvgIpc) is 2.98. The Hall–Kier alpha value is -0.940. The molecule has 0 amide bonds. The lowest BCUT2D eigenvalue weighted by Gasteiger charge is -2.14. The number of ether oxygens (including phenoxy) is 2. The quantitative estimate of drug-likeness (QED) is 0.779. The number of esters is 1. The standard InChI is InChI=1S/C14H21NO3S/c1-4-12-15-9(2)14(19-12)10(3)18-13(16)8-11-6-5-7-17-11/h10-11H,4-8H2,1-3H3/t10-,11-/m0/s1. The first-order valence-corrected chi connectivity index (χ1v) is 7.69. The number of hydrogen-bond acceptors (Lipinski definition) is 5. The Morgan fingerprint density at radius 1 is 1.63 bits per heavy atom. The number of aryl methyl sites for hydroxylation is 2. The van der Waals surface area contributed by atoms with Crippen LogP contribution in [0.4, 0.5) is 0 Å². The first-order chi connectivity index (χ1) is 9.10. The van der Waals surface area contributed by atoms with E-state index < -0.39 is 0 Å². The van der Waals surface area contributed by atoms with Crippen molar-refractivity contribution in [3.8, 4) is 0 Å². The predicted molar refractivity (Wildman–Crippen MR) is 74.3 cm³/mol. The van der Waals surface area contributed by atoms with Gasteiger partial charge in [-0.2, -0.15) is 0 Å². The topological polar surface area (TPSA) is 48.4 Å². The van der Waals surface area contributed by atoms with Crippen LogP contribution in [0.15, 0.2) is 0 Å². The second-order valence-electron chi connectivity index (χ2n) is 4.88. The molecule has 1 saturated heterocycles. The van der Waals surface area contributed by atoms with Gasteiger partial charge in [-0.05, 0) is 33.1 Å². The summed E-state index contributed by atoms with van der Waals surface area (Å²) in [5.74, 6) is -0.176. The molecule has 1 aliphatic heterocycles. The predicted octanol–water partition coefficient (Wildman–Crippen LogP) is 3.19. The van der Waals surface area contributed by atoms with Crippen LogP contribution in [0, 0.1) is 6.92 Å². The summed E-state index contributed by atoms with van der Waals surface area (Å²) in [6.45, 7) is 6.72. The largest absolute Gasteiger partial charge is 0.457 e. The van der Waals surface area contributed by atoms with Crippen molar-refractivity contribution in [3.63, 3.8) is 0 Å². The molecule has 4 nitrogen and oxygen atoms in total. The highest BCUT2D eigenvalue weighted by Crippen LogP contribution is 2.28. The van der Waals surface area contributed by atoms with Gasteiger partial charge in [0.1, 0.15) is 6.10 Å². The van der Waals surface area contributed by atoms with Crippen LogP contribution in [0.1, 0.15) is 54.8 Å². The zero-order chi connectivity index (χ0) is 13.8. The molecule has 1 fully saturated rings. The minimum Gasteiger partial charge on any atom is -0.457 e. The Kier molecular flexibility index (Phi) is 4.93. The van der Waals surface area contributed by atoms with E-state index in [-0.39, 0.29) is 18.2 Å². The summed E-state index contributed by atoms with van der Waals surface area (Å²) in [5.41, 5.74) is 0.972. The highest BCUT2D eigenvalue weighted by atomic mass is 32.1. The summed E-state index contributed by atoms with van der Waals surface area (Å²) in [5, 5.41) is 1.09. The molecule has 0 aliphatic carbocycles. The third-order valence-corrected chi connectivity index (χ3v) is 4.74. The number of carbonyl (C=O) groups excluding carboxylic acids is 1. The molecule has 0 spiro atoms. The molecule has 2 heterocycles. The fraction of sp³-hybridized carbons (Fsp3) is 0.714. The molecule has 0 unspecified atom stereocenters. The van der Waals surface area contributed by atoms with Gasteiger partial charge in [0.05, 0.1) is 28.1 Å². The Bertz CT molecular complexity index is 438. The number of rotatable bonds is 5. The maximum Gasteiger partial charge on any atom is 0.309 e. The second kappa shape index (κ2) is 6.48. The summed E-state index contributed by atoms with van der Waals surface area (Å²) in [6.07, 6.45) is 3.12. The minimum atomic E-state index is -0.216. The lowest BCUT2D eigenvalue weighted by molar-refractivity contribution is -0.150. The third-order valence-electron chi connectivity index (χ3n) is 3.27. The Morgan fingerprint density at radius 3 is 3.00 bits per heavy atom. The summed E-state index contributed by atoms with van der Waals surface area (Å²) in [7, 11) is 0. The van der Waals surface area contributed by atoms with Crippen LogP contribution in [0.3, 0.4) is 0 Å². The van der Waals surface area contributed by atoms with Crippen molar-refractivity contribution in [2.45, 2.75) is 58.7 Å². The lowest BCUT2D eigenvalue weighted by atomic mass is 10.2. The molecule has 5 heteroatoms. The van der Waals surface area contributed by atoms with Crippen molar-refractivity contribution >= 4 is 17.3 Å². The monoisotopic (exact) mass is 283 g/mol. The number of carbonyl (C=O) groups is 1. The van der Waals surface area contributed by atoms with Crippen LogP contribution in [0.25, 0.3) is 0 Å². The Morgan fingerprint density at radius 2 is 2.42 bits per heavy atom. The molecule has 1 aliphatic rings. The molecule has 19 heavy (non-hydrogen) atoms. The molecule has 2 atom stereocenters. The molecular formula is C14H21NO3S. The van der Waals surface area contributed by atoms with Gasteiger partial charge in [0.15, 0.2) is 0 Å². The van der Waals surface area contributed by atoms with Crippen molar-refractivity contribution in [1.82, 2.24) is 4.98 Å². The molecule has 0 saturated carbocycles. The molecule has 1 aromatic heterocycles. The van der Waals surface area contributed by atoms with Crippen molar-refractivity contribution in [2.75, 3.05) is 6.61 Å². The SMILES string of the molecule is CCc1nc(C)c([C@H](C)OC(=O)C[C@@H]2CCCO2)s1. The van der Waals surface area contributed by atoms with E-state index in [9.17, 15) is 4.79 Å². The Balaban J connectivity index is 1.90. The summed E-state index contributed by atoms with van der Waals surface area (Å²) in [4.78, 5) is 17.4. The van der Waals surface area contributed by atoms with Gasteiger partial charge in [0.25, 0.3) is 0 Å². The van der Waals surface area contributed by atoms with E-state index in [1.165, 1.54) is 0 Å². The summed E-state index contributed by atoms with van der Waals surface area (Å²) >= 11 is 1.63. The van der Waals surface area contributed by atoms with Crippen molar-refractivity contribution in [3.05, 3.63) is 15.6 Å². The van der Waals surface area contributed by atoms with Gasteiger partial charge < -0.3 is 9.47 Å². The van der Waals surface area contributed by atoms with Crippen molar-refractivity contribution in [2.24, 2.45) is 0 Å². The van der Waals surface area contributed by atoms with E-state index in [1.807, 2.05) is 13.8 Å². The van der Waals surface area contributed by atoms with E-state index in [1.54, 1.807) is 11.3 Å². The average molecular weight is 283 g/mol. The van der Waals surface area contributed by atoms with Crippen LogP contribution in [0.5, 0.6) is 0 Å². The van der Waals surface area contributed by atoms with Crippen LogP contribution in [0.2, 0.25) is 0 Å². The molecule has 2 rings (SSSR count). The first-order valence-electron chi connectivity index (χ1n) is 6.87. The lowest BCUT2D eigenvalue weighted by Crippen LogP contribution is -2.16. The fourth-order valence-corrected chi connectivity index (χ4v) is 3.27. The second-order valence-corrected chi connectivity index (χ2v) is 6.00. The van der Waals surface area contributed by atoms with E-state index in [0.717, 1.165) is 41.4 Å². The van der Waals surface area contributed by atoms with Crippen LogP contribution in [-0.2, 0) is 20.7 Å². The zero-order valence-corrected chi connectivity index (χ0v) is 12.6. The number of nitrogens with zero attached hydrogens (tertiary/aromatic N) is 1. The highest BCUT2D eigenvalue weighted by molar-refractivity contribution is 7.11. The molecule has 0 aromatic carbocycles. The van der Waals surface area contributed by atoms with Gasteiger partial charge in [0.2, 0.25) is 0 Å². The van der Waals surface area contributed by atoms with Crippen LogP contribution < -0.4 is 0 Å². The molecule has 0 radical (unpaired) electrons. The summed E-state index contributed by atoms with van der Waals surface area (Å²) < 4.78 is 10.9. The van der Waals surface area contributed by atoms with Crippen molar-refractivity contribution < 1.29 is 14.3 Å². The van der Waals surface area contributed by atoms with Gasteiger partial charge in [-0.25, -0.2) is 4.98 Å². The molecule has 106 valence electrons. The smallest absolute Gasteiger partial charge is 0.309 e. The zero-order valence-electron chi connectivity index (χ0n) is 11.8. The molecule has 0 N–H and O–H groups in total. The summed E-state index contributed by atoms with van der Waals surface area (Å²) in [6, 6.07) is 0. The first kappa shape index (κ1) is 14.5. The van der Waals surface area contributed by atoms with E-state index >= 15 is 0 Å². The Labute approximate surface area is 118 Å². The van der Waals surface area contributed by atoms with Gasteiger partial charge in [-0.1, -0.05) is 6.92 Å². The van der Waals surface area contributed by atoms with Crippen molar-refractivity contribution in [1.29, 1.82) is 0 Å². The number of hydrogen-bond donors (Lipinski definition) is 0. The van der Waals surface area contributed by atoms with Crippen LogP contribution in [-0.4, -0.2) is 23.7 Å². The number of thiazole rings is 1. The molecular weight excluding hydrogens is 262 g/mol. The highest BCUT2D eigenvalue weighted by Gasteiger charge is 2.23. The maximum atomic E-state index is 11.9. The van der Waals surface area contributed by atoms with E-state index in [0.29, 0.717) is 6.42 Å². The normalized spacial score (nSPS) is 20.5.